The summed E-state index contributed by atoms with van der Waals surface area (Å²) in [5.74, 6) is -1.14. The van der Waals surface area contributed by atoms with Gasteiger partial charge in [-0.2, -0.15) is 0 Å². The lowest BCUT2D eigenvalue weighted by Crippen LogP contribution is -2.04. The molecule has 0 spiro atoms. The fourth-order valence-corrected chi connectivity index (χ4v) is 3.17. The minimum absolute atomic E-state index is 0.0717. The molecule has 6 heteroatoms. The topological polar surface area (TPSA) is 58.0 Å². The third-order valence-corrected chi connectivity index (χ3v) is 4.98. The zero-order valence-corrected chi connectivity index (χ0v) is 21.1. The summed E-state index contributed by atoms with van der Waals surface area (Å²) >= 11 is 0. The van der Waals surface area contributed by atoms with Gasteiger partial charge in [-0.15, -0.1) is 0 Å². The molecule has 0 saturated heterocycles. The Morgan fingerprint density at radius 3 is 2.38 bits per heavy atom. The molecule has 0 bridgehead atoms. The van der Waals surface area contributed by atoms with Crippen LogP contribution in [0.3, 0.4) is 0 Å². The number of hydrogen-bond acceptors (Lipinski definition) is 4. The van der Waals surface area contributed by atoms with Crippen LogP contribution < -0.4 is 5.32 Å². The number of rotatable bonds is 9. The number of halogens is 2. The average molecular weight is 472 g/mol. The Bertz CT molecular complexity index is 950. The summed E-state index contributed by atoms with van der Waals surface area (Å²) in [6.45, 7) is 10.3. The van der Waals surface area contributed by atoms with Gasteiger partial charge in [0.1, 0.15) is 11.6 Å². The number of hydrogen-bond donors (Lipinski definition) is 2. The van der Waals surface area contributed by atoms with Crippen LogP contribution in [0, 0.1) is 11.6 Å². The van der Waals surface area contributed by atoms with Gasteiger partial charge in [0, 0.05) is 12.4 Å². The van der Waals surface area contributed by atoms with E-state index in [1.54, 1.807) is 24.5 Å². The van der Waals surface area contributed by atoms with Crippen LogP contribution in [0.25, 0.3) is 11.3 Å². The first kappa shape index (κ1) is 29.2. The third-order valence-electron chi connectivity index (χ3n) is 4.98. The summed E-state index contributed by atoms with van der Waals surface area (Å²) in [6.07, 6.45) is 8.44. The molecule has 3 aromatic rings. The highest BCUT2D eigenvalue weighted by molar-refractivity contribution is 5.62. The number of anilines is 1. The maximum Gasteiger partial charge on any atom is 0.138 e. The van der Waals surface area contributed by atoms with Crippen molar-refractivity contribution in [3.05, 3.63) is 77.8 Å². The maximum atomic E-state index is 14.5. The molecular weight excluding hydrogens is 432 g/mol. The molecule has 1 atom stereocenters. The van der Waals surface area contributed by atoms with Gasteiger partial charge in [0.2, 0.25) is 0 Å². The smallest absolute Gasteiger partial charge is 0.138 e. The number of aryl methyl sites for hydroxylation is 1. The fourth-order valence-electron chi connectivity index (χ4n) is 3.17. The maximum absolute atomic E-state index is 14.5. The van der Waals surface area contributed by atoms with Gasteiger partial charge in [0.15, 0.2) is 0 Å². The van der Waals surface area contributed by atoms with Crippen LogP contribution in [-0.4, -0.2) is 21.2 Å². The van der Waals surface area contributed by atoms with Crippen molar-refractivity contribution in [1.82, 2.24) is 9.97 Å². The molecule has 3 rings (SSSR count). The van der Waals surface area contributed by atoms with Gasteiger partial charge >= 0.3 is 0 Å². The van der Waals surface area contributed by atoms with Crippen LogP contribution in [0.1, 0.15) is 71.6 Å². The molecule has 0 aliphatic heterocycles. The van der Waals surface area contributed by atoms with E-state index in [0.717, 1.165) is 12.1 Å². The summed E-state index contributed by atoms with van der Waals surface area (Å²) in [5.41, 5.74) is 2.25. The molecule has 0 radical (unpaired) electrons. The van der Waals surface area contributed by atoms with Crippen molar-refractivity contribution in [3.63, 3.8) is 0 Å². The molecule has 0 saturated carbocycles. The molecule has 186 valence electrons. The molecule has 0 aliphatic rings. The summed E-state index contributed by atoms with van der Waals surface area (Å²) in [4.78, 5) is 8.41. The number of aliphatic hydroxyl groups excluding tert-OH is 1. The molecule has 2 heterocycles. The summed E-state index contributed by atoms with van der Waals surface area (Å²) < 4.78 is 28.6. The van der Waals surface area contributed by atoms with Gasteiger partial charge in [-0.1, -0.05) is 59.1 Å². The third kappa shape index (κ3) is 9.96. The van der Waals surface area contributed by atoms with Crippen molar-refractivity contribution in [1.29, 1.82) is 0 Å². The van der Waals surface area contributed by atoms with E-state index in [-0.39, 0.29) is 11.7 Å². The second kappa shape index (κ2) is 16.7. The van der Waals surface area contributed by atoms with Gasteiger partial charge in [-0.05, 0) is 55.7 Å². The number of benzene rings is 1. The Hall–Kier alpha value is -2.86. The lowest BCUT2D eigenvalue weighted by Gasteiger charge is -2.10. The van der Waals surface area contributed by atoms with Crippen LogP contribution in [0.4, 0.5) is 14.5 Å². The Morgan fingerprint density at radius 2 is 1.76 bits per heavy atom. The number of unbranched alkanes of at least 4 members (excludes halogenated alkanes) is 2. The lowest BCUT2D eigenvalue weighted by atomic mass is 10.0. The van der Waals surface area contributed by atoms with E-state index in [1.165, 1.54) is 31.4 Å². The first-order chi connectivity index (χ1) is 16.5. The zero-order chi connectivity index (χ0) is 25.3. The van der Waals surface area contributed by atoms with E-state index in [0.29, 0.717) is 29.9 Å². The number of nitrogens with one attached hydrogen (secondary N) is 1. The van der Waals surface area contributed by atoms with Gasteiger partial charge < -0.3 is 10.4 Å². The number of aliphatic hydroxyl groups is 1. The van der Waals surface area contributed by atoms with E-state index in [9.17, 15) is 8.78 Å². The van der Waals surface area contributed by atoms with Gasteiger partial charge in [-0.3, -0.25) is 9.97 Å². The lowest BCUT2D eigenvalue weighted by molar-refractivity contribution is 0.180. The second-order valence-corrected chi connectivity index (χ2v) is 7.70. The molecule has 2 aromatic heterocycles. The Balaban J connectivity index is 0.000000493. The highest BCUT2D eigenvalue weighted by atomic mass is 19.1. The average Bonchev–Trinajstić information content (AvgIpc) is 2.85. The van der Waals surface area contributed by atoms with E-state index in [2.05, 4.69) is 22.2 Å². The van der Waals surface area contributed by atoms with Crippen molar-refractivity contribution < 1.29 is 13.9 Å². The molecule has 4 nitrogen and oxygen atoms in total. The van der Waals surface area contributed by atoms with E-state index in [4.69, 9.17) is 5.11 Å². The van der Waals surface area contributed by atoms with Crippen molar-refractivity contribution in [2.75, 3.05) is 5.32 Å². The molecule has 34 heavy (non-hydrogen) atoms. The quantitative estimate of drug-likeness (QED) is 0.316. The normalized spacial score (nSPS) is 10.9. The monoisotopic (exact) mass is 471 g/mol. The summed E-state index contributed by atoms with van der Waals surface area (Å²) in [7, 11) is 0. The second-order valence-electron chi connectivity index (χ2n) is 7.70. The fraction of sp³-hybridized carbons (Fsp3) is 0.429. The summed E-state index contributed by atoms with van der Waals surface area (Å²) in [5, 5.41) is 12.0. The predicted octanol–water partition coefficient (Wildman–Crippen LogP) is 7.57. The zero-order valence-electron chi connectivity index (χ0n) is 21.1. The van der Waals surface area contributed by atoms with Crippen LogP contribution >= 0.6 is 0 Å². The molecule has 0 fully saturated rings. The molecule has 0 aliphatic carbocycles. The number of pyridine rings is 2. The molecule has 2 N–H and O–H groups in total. The first-order valence-corrected chi connectivity index (χ1v) is 12.2. The van der Waals surface area contributed by atoms with Crippen molar-refractivity contribution in [2.24, 2.45) is 0 Å². The Labute approximate surface area is 203 Å². The van der Waals surface area contributed by atoms with Gasteiger partial charge in [-0.25, -0.2) is 8.78 Å². The predicted molar refractivity (Wildman–Crippen MR) is 138 cm³/mol. The van der Waals surface area contributed by atoms with Crippen molar-refractivity contribution in [3.8, 4) is 11.3 Å². The van der Waals surface area contributed by atoms with Gasteiger partial charge in [0.25, 0.3) is 0 Å². The Kier molecular flexibility index (Phi) is 14.3. The van der Waals surface area contributed by atoms with Crippen LogP contribution in [0.2, 0.25) is 0 Å². The van der Waals surface area contributed by atoms with E-state index < -0.39 is 11.6 Å². The molecule has 0 amide bonds. The number of nitrogens with zero attached hydrogens (tertiary/aromatic N) is 2. The van der Waals surface area contributed by atoms with Crippen LogP contribution in [0.5, 0.6) is 0 Å². The van der Waals surface area contributed by atoms with Crippen LogP contribution in [-0.2, 0) is 13.0 Å². The highest BCUT2D eigenvalue weighted by Gasteiger charge is 2.16. The van der Waals surface area contributed by atoms with Crippen LogP contribution in [0.15, 0.2) is 54.9 Å². The standard InChI is InChI=1S/C19H17F2N3.C7H16O.C2H6/c1-2-13-8-9-16(20)18(19(13)21)17-7-3-5-15(24-17)12-23-14-6-4-10-22-11-14;1-3-4-5-6-7(2)8;1-2/h3-11,23H,2,12H2,1H3;7-8H,3-6H2,1-2H3;1-2H3. The van der Waals surface area contributed by atoms with E-state index >= 15 is 0 Å². The van der Waals surface area contributed by atoms with Crippen molar-refractivity contribution in [2.45, 2.75) is 79.4 Å². The van der Waals surface area contributed by atoms with Crippen molar-refractivity contribution >= 4 is 5.69 Å². The molecule has 1 aromatic carbocycles. The molecular formula is C28H39F2N3O. The Morgan fingerprint density at radius 1 is 1.00 bits per heavy atom. The highest BCUT2D eigenvalue weighted by Crippen LogP contribution is 2.27. The summed E-state index contributed by atoms with van der Waals surface area (Å²) in [6, 6.07) is 11.7. The number of aromatic nitrogens is 2. The minimum Gasteiger partial charge on any atom is -0.393 e. The first-order valence-electron chi connectivity index (χ1n) is 12.2. The van der Waals surface area contributed by atoms with E-state index in [1.807, 2.05) is 45.9 Å². The minimum atomic E-state index is -0.602. The SMILES string of the molecule is CC.CCCCCC(C)O.CCc1ccc(F)c(-c2cccc(CNc3cccnc3)n2)c1F. The molecule has 1 unspecified atom stereocenters. The largest absolute Gasteiger partial charge is 0.393 e. The van der Waals surface area contributed by atoms with Gasteiger partial charge in [0.05, 0.1) is 35.3 Å².